The van der Waals surface area contributed by atoms with Crippen LogP contribution >= 0.6 is 23.1 Å². The number of urea groups is 1. The minimum atomic E-state index is -0.0677. The fraction of sp³-hybridized carbons (Fsp3) is 0.625. The van der Waals surface area contributed by atoms with Crippen molar-refractivity contribution in [3.05, 3.63) is 22.4 Å². The van der Waals surface area contributed by atoms with Crippen molar-refractivity contribution in [3.8, 4) is 0 Å². The van der Waals surface area contributed by atoms with Crippen molar-refractivity contribution < 1.29 is 9.59 Å². The van der Waals surface area contributed by atoms with E-state index < -0.39 is 0 Å². The number of hydrogen-bond acceptors (Lipinski definition) is 4. The molecular weight excluding hydrogens is 330 g/mol. The fourth-order valence-electron chi connectivity index (χ4n) is 2.55. The molecule has 1 N–H and O–H groups in total. The third-order valence-electron chi connectivity index (χ3n) is 3.77. The Morgan fingerprint density at radius 1 is 1.48 bits per heavy atom. The number of hydrogen-bond donors (Lipinski definition) is 1. The summed E-state index contributed by atoms with van der Waals surface area (Å²) in [7, 11) is 0. The van der Waals surface area contributed by atoms with Gasteiger partial charge in [0.05, 0.1) is 5.25 Å². The predicted octanol–water partition coefficient (Wildman–Crippen LogP) is 3.15. The smallest absolute Gasteiger partial charge is 0.317 e. The molecule has 2 rings (SSSR count). The van der Waals surface area contributed by atoms with Gasteiger partial charge in [0.1, 0.15) is 5.37 Å². The molecule has 23 heavy (non-hydrogen) atoms. The van der Waals surface area contributed by atoms with Gasteiger partial charge in [-0.1, -0.05) is 0 Å². The first kappa shape index (κ1) is 18.1. The molecule has 0 aromatic carbocycles. The number of thiophene rings is 1. The van der Waals surface area contributed by atoms with E-state index in [4.69, 9.17) is 0 Å². The van der Waals surface area contributed by atoms with E-state index in [0.29, 0.717) is 19.6 Å². The van der Waals surface area contributed by atoms with Gasteiger partial charge in [0.15, 0.2) is 0 Å². The summed E-state index contributed by atoms with van der Waals surface area (Å²) in [6.07, 6.45) is 0. The molecule has 128 valence electrons. The van der Waals surface area contributed by atoms with Crippen LogP contribution in [0.4, 0.5) is 4.79 Å². The Hall–Kier alpha value is -1.21. The summed E-state index contributed by atoms with van der Waals surface area (Å²) in [5.41, 5.74) is 1.17. The molecule has 1 aliphatic heterocycles. The maximum atomic E-state index is 12.4. The van der Waals surface area contributed by atoms with E-state index in [0.717, 1.165) is 0 Å². The van der Waals surface area contributed by atoms with Crippen LogP contribution in [0.1, 0.15) is 38.6 Å². The normalized spacial score (nSPS) is 21.1. The average molecular weight is 356 g/mol. The number of carbonyl (C=O) groups is 2. The van der Waals surface area contributed by atoms with Crippen LogP contribution in [0.25, 0.3) is 0 Å². The van der Waals surface area contributed by atoms with E-state index in [2.05, 4.69) is 16.8 Å². The van der Waals surface area contributed by atoms with Crippen LogP contribution in [0.3, 0.4) is 0 Å². The zero-order valence-corrected chi connectivity index (χ0v) is 15.7. The summed E-state index contributed by atoms with van der Waals surface area (Å²) < 4.78 is 0. The summed E-state index contributed by atoms with van der Waals surface area (Å²) in [5, 5.41) is 7.08. The number of carbonyl (C=O) groups excluding carboxylic acids is 2. The Morgan fingerprint density at radius 3 is 2.78 bits per heavy atom. The number of likely N-dealkylation sites (N-methyl/N-ethyl adjacent to an activating group) is 1. The molecule has 1 aliphatic rings. The van der Waals surface area contributed by atoms with Crippen molar-refractivity contribution in [1.29, 1.82) is 0 Å². The lowest BCUT2D eigenvalue weighted by atomic mass is 10.3. The molecule has 0 spiro atoms. The van der Waals surface area contributed by atoms with Gasteiger partial charge in [-0.3, -0.25) is 4.79 Å². The van der Waals surface area contributed by atoms with Crippen LogP contribution in [-0.4, -0.2) is 52.7 Å². The third kappa shape index (κ3) is 4.41. The second-order valence-electron chi connectivity index (χ2n) is 5.90. The summed E-state index contributed by atoms with van der Waals surface area (Å²) in [6.45, 7) is 9.55. The first-order chi connectivity index (χ1) is 10.9. The molecule has 0 unspecified atom stereocenters. The molecule has 1 fully saturated rings. The molecule has 5 nitrogen and oxygen atoms in total. The van der Waals surface area contributed by atoms with Crippen LogP contribution < -0.4 is 5.32 Å². The number of nitrogens with zero attached hydrogens (tertiary/aromatic N) is 2. The van der Waals surface area contributed by atoms with Gasteiger partial charge in [0.2, 0.25) is 5.91 Å². The predicted molar refractivity (Wildman–Crippen MR) is 96.7 cm³/mol. The zero-order chi connectivity index (χ0) is 17.0. The number of amides is 3. The monoisotopic (exact) mass is 355 g/mol. The van der Waals surface area contributed by atoms with E-state index in [1.807, 2.05) is 38.0 Å². The third-order valence-corrected chi connectivity index (χ3v) is 5.86. The zero-order valence-electron chi connectivity index (χ0n) is 14.1. The second-order valence-corrected chi connectivity index (χ2v) is 8.11. The highest BCUT2D eigenvalue weighted by Crippen LogP contribution is 2.43. The summed E-state index contributed by atoms with van der Waals surface area (Å²) in [4.78, 5) is 28.3. The molecule has 0 bridgehead atoms. The Balaban J connectivity index is 2.01. The summed E-state index contributed by atoms with van der Waals surface area (Å²) >= 11 is 3.33. The molecule has 1 saturated heterocycles. The molecule has 2 atom stereocenters. The number of thioether (sulfide) groups is 1. The lowest BCUT2D eigenvalue weighted by Crippen LogP contribution is -2.46. The highest BCUT2D eigenvalue weighted by molar-refractivity contribution is 8.01. The van der Waals surface area contributed by atoms with Crippen LogP contribution in [0.5, 0.6) is 0 Å². The van der Waals surface area contributed by atoms with Crippen molar-refractivity contribution >= 4 is 35.0 Å². The molecule has 7 heteroatoms. The van der Waals surface area contributed by atoms with Gasteiger partial charge in [-0.25, -0.2) is 4.79 Å². The molecule has 3 amide bonds. The first-order valence-electron chi connectivity index (χ1n) is 7.97. The quantitative estimate of drug-likeness (QED) is 0.853. The average Bonchev–Trinajstić information content (AvgIpc) is 3.10. The van der Waals surface area contributed by atoms with Crippen molar-refractivity contribution in [2.24, 2.45) is 0 Å². The summed E-state index contributed by atoms with van der Waals surface area (Å²) in [6, 6.07) is 2.12. The van der Waals surface area contributed by atoms with Gasteiger partial charge in [-0.05, 0) is 50.1 Å². The molecule has 1 aromatic heterocycles. The number of rotatable bonds is 6. The van der Waals surface area contributed by atoms with Crippen molar-refractivity contribution in [2.75, 3.05) is 19.6 Å². The van der Waals surface area contributed by atoms with E-state index >= 15 is 0 Å². The minimum absolute atomic E-state index is 0.0283. The molecule has 2 heterocycles. The minimum Gasteiger partial charge on any atom is -0.336 e. The van der Waals surface area contributed by atoms with Crippen LogP contribution in [0, 0.1) is 0 Å². The maximum absolute atomic E-state index is 12.4. The second kappa shape index (κ2) is 8.06. The Morgan fingerprint density at radius 2 is 2.22 bits per heavy atom. The van der Waals surface area contributed by atoms with E-state index in [9.17, 15) is 9.59 Å². The SMILES string of the molecule is CCN(CCN1C(=O)[C@H](C)S[C@H]1c1ccsc1)C(=O)NC(C)C. The standard InChI is InChI=1S/C16H25N3O2S2/c1-5-18(16(21)17-11(2)3)7-8-19-14(20)12(4)23-15(19)13-6-9-22-10-13/h6,9-12,15H,5,7-8H2,1-4H3,(H,17,21)/t12-,15-/m0/s1. The van der Waals surface area contributed by atoms with Gasteiger partial charge >= 0.3 is 6.03 Å². The molecule has 0 radical (unpaired) electrons. The van der Waals surface area contributed by atoms with E-state index in [1.165, 1.54) is 5.56 Å². The van der Waals surface area contributed by atoms with Gasteiger partial charge in [-0.2, -0.15) is 11.3 Å². The largest absolute Gasteiger partial charge is 0.336 e. The van der Waals surface area contributed by atoms with Gasteiger partial charge in [0.25, 0.3) is 0 Å². The maximum Gasteiger partial charge on any atom is 0.317 e. The van der Waals surface area contributed by atoms with Crippen molar-refractivity contribution in [3.63, 3.8) is 0 Å². The lowest BCUT2D eigenvalue weighted by Gasteiger charge is -2.28. The van der Waals surface area contributed by atoms with Crippen LogP contribution in [-0.2, 0) is 4.79 Å². The Bertz CT molecular complexity index is 533. The van der Waals surface area contributed by atoms with Crippen molar-refractivity contribution in [1.82, 2.24) is 15.1 Å². The number of nitrogens with one attached hydrogen (secondary N) is 1. The van der Waals surface area contributed by atoms with Gasteiger partial charge in [-0.15, -0.1) is 11.8 Å². The Labute approximate surface area is 146 Å². The molecule has 0 aliphatic carbocycles. The summed E-state index contributed by atoms with van der Waals surface area (Å²) in [5.74, 6) is 0.159. The van der Waals surface area contributed by atoms with E-state index in [-0.39, 0.29) is 28.6 Å². The van der Waals surface area contributed by atoms with Crippen molar-refractivity contribution in [2.45, 2.75) is 44.4 Å². The molecule has 0 saturated carbocycles. The van der Waals surface area contributed by atoms with E-state index in [1.54, 1.807) is 28.0 Å². The van der Waals surface area contributed by atoms with Crippen LogP contribution in [0.15, 0.2) is 16.8 Å². The molecular formula is C16H25N3O2S2. The topological polar surface area (TPSA) is 52.7 Å². The highest BCUT2D eigenvalue weighted by Gasteiger charge is 2.38. The first-order valence-corrected chi connectivity index (χ1v) is 9.86. The highest BCUT2D eigenvalue weighted by atomic mass is 32.2. The Kier molecular flexibility index (Phi) is 6.35. The van der Waals surface area contributed by atoms with Gasteiger partial charge < -0.3 is 15.1 Å². The van der Waals surface area contributed by atoms with Gasteiger partial charge in [0, 0.05) is 25.7 Å². The van der Waals surface area contributed by atoms with Crippen LogP contribution in [0.2, 0.25) is 0 Å². The lowest BCUT2D eigenvalue weighted by molar-refractivity contribution is -0.129. The molecule has 1 aromatic rings. The fourth-order valence-corrected chi connectivity index (χ4v) is 4.61.